The molecule has 0 saturated heterocycles. The molecule has 0 radical (unpaired) electrons. The maximum absolute atomic E-state index is 5.53. The molecule has 4 nitrogen and oxygen atoms in total. The van der Waals surface area contributed by atoms with Crippen molar-refractivity contribution in [2.75, 3.05) is 34.4 Å². The van der Waals surface area contributed by atoms with Crippen LogP contribution in [0.2, 0.25) is 0 Å². The highest BCUT2D eigenvalue weighted by Crippen LogP contribution is 2.30. The first-order valence-electron chi connectivity index (χ1n) is 7.69. The molecule has 0 aliphatic rings. The van der Waals surface area contributed by atoms with Gasteiger partial charge in [0.25, 0.3) is 0 Å². The van der Waals surface area contributed by atoms with Crippen LogP contribution in [0.4, 0.5) is 0 Å². The van der Waals surface area contributed by atoms with E-state index in [0.717, 1.165) is 36.6 Å². The van der Waals surface area contributed by atoms with E-state index >= 15 is 0 Å². The molecule has 0 spiro atoms. The Morgan fingerprint density at radius 1 is 1.19 bits per heavy atom. The van der Waals surface area contributed by atoms with Gasteiger partial charge in [0.2, 0.25) is 0 Å². The lowest BCUT2D eigenvalue weighted by molar-refractivity contribution is 0.239. The van der Waals surface area contributed by atoms with Gasteiger partial charge in [-0.15, -0.1) is 0 Å². The Bertz CT molecular complexity index is 421. The third-order valence-corrected chi connectivity index (χ3v) is 3.81. The van der Waals surface area contributed by atoms with Gasteiger partial charge in [0, 0.05) is 24.2 Å². The van der Waals surface area contributed by atoms with Crippen LogP contribution >= 0.6 is 0 Å². The molecule has 4 heteroatoms. The zero-order valence-corrected chi connectivity index (χ0v) is 14.3. The van der Waals surface area contributed by atoms with E-state index in [1.807, 2.05) is 12.1 Å². The average Bonchev–Trinajstić information content (AvgIpc) is 2.50. The predicted molar refractivity (Wildman–Crippen MR) is 88.3 cm³/mol. The summed E-state index contributed by atoms with van der Waals surface area (Å²) in [5, 5.41) is 3.62. The van der Waals surface area contributed by atoms with Crippen LogP contribution in [0.15, 0.2) is 18.2 Å². The lowest BCUT2D eigenvalue weighted by atomic mass is 10.0. The number of methoxy groups -OCH3 is 2. The standard InChI is InChI=1S/C17H30N2O2/c1-7-10-18-16(12-19(4)13(2)3)15-11-14(20-5)8-9-17(15)21-6/h8-9,11,13,16,18H,7,10,12H2,1-6H3. The van der Waals surface area contributed by atoms with Crippen molar-refractivity contribution in [1.82, 2.24) is 10.2 Å². The molecule has 1 rings (SSSR count). The molecule has 1 aromatic carbocycles. The molecule has 21 heavy (non-hydrogen) atoms. The topological polar surface area (TPSA) is 33.7 Å². The molecule has 1 aromatic rings. The molecule has 120 valence electrons. The van der Waals surface area contributed by atoms with Crippen LogP contribution in [0.3, 0.4) is 0 Å². The second-order valence-electron chi connectivity index (χ2n) is 5.65. The summed E-state index contributed by atoms with van der Waals surface area (Å²) >= 11 is 0. The van der Waals surface area contributed by atoms with Crippen molar-refractivity contribution in [1.29, 1.82) is 0 Å². The van der Waals surface area contributed by atoms with Gasteiger partial charge in [0.05, 0.1) is 14.2 Å². The van der Waals surface area contributed by atoms with Crippen molar-refractivity contribution in [2.24, 2.45) is 0 Å². The summed E-state index contributed by atoms with van der Waals surface area (Å²) < 4.78 is 10.9. The van der Waals surface area contributed by atoms with Crippen molar-refractivity contribution < 1.29 is 9.47 Å². The van der Waals surface area contributed by atoms with Crippen LogP contribution in [0.5, 0.6) is 11.5 Å². The lowest BCUT2D eigenvalue weighted by Crippen LogP contribution is -2.37. The normalized spacial score (nSPS) is 12.8. The SMILES string of the molecule is CCCNC(CN(C)C(C)C)c1cc(OC)ccc1OC. The molecule has 0 saturated carbocycles. The number of nitrogens with zero attached hydrogens (tertiary/aromatic N) is 1. The number of likely N-dealkylation sites (N-methyl/N-ethyl adjacent to an activating group) is 1. The Morgan fingerprint density at radius 2 is 1.90 bits per heavy atom. The Labute approximate surface area is 129 Å². The van der Waals surface area contributed by atoms with Crippen LogP contribution in [0.1, 0.15) is 38.8 Å². The van der Waals surface area contributed by atoms with E-state index in [-0.39, 0.29) is 6.04 Å². The van der Waals surface area contributed by atoms with Crippen LogP contribution in [0.25, 0.3) is 0 Å². The summed E-state index contributed by atoms with van der Waals surface area (Å²) in [6.45, 7) is 8.51. The summed E-state index contributed by atoms with van der Waals surface area (Å²) in [6, 6.07) is 6.71. The van der Waals surface area contributed by atoms with Crippen LogP contribution < -0.4 is 14.8 Å². The van der Waals surface area contributed by atoms with E-state index in [1.54, 1.807) is 14.2 Å². The van der Waals surface area contributed by atoms with Crippen molar-refractivity contribution in [3.05, 3.63) is 23.8 Å². The molecule has 0 heterocycles. The molecule has 0 aliphatic heterocycles. The first kappa shape index (κ1) is 17.8. The van der Waals surface area contributed by atoms with E-state index in [0.29, 0.717) is 6.04 Å². The van der Waals surface area contributed by atoms with E-state index in [1.165, 1.54) is 0 Å². The van der Waals surface area contributed by atoms with Crippen LogP contribution in [-0.2, 0) is 0 Å². The van der Waals surface area contributed by atoms with E-state index in [2.05, 4.69) is 44.1 Å². The molecule has 1 N–H and O–H groups in total. The van der Waals surface area contributed by atoms with E-state index < -0.39 is 0 Å². The fraction of sp³-hybridized carbons (Fsp3) is 0.647. The quantitative estimate of drug-likeness (QED) is 0.759. The summed E-state index contributed by atoms with van der Waals surface area (Å²) in [4.78, 5) is 2.34. The number of rotatable bonds is 9. The molecule has 0 bridgehead atoms. The van der Waals surface area contributed by atoms with Gasteiger partial charge in [-0.2, -0.15) is 0 Å². The summed E-state index contributed by atoms with van der Waals surface area (Å²) in [6.07, 6.45) is 1.11. The number of hydrogen-bond donors (Lipinski definition) is 1. The zero-order chi connectivity index (χ0) is 15.8. The molecule has 1 atom stereocenters. The molecular weight excluding hydrogens is 264 g/mol. The Balaban J connectivity index is 3.05. The fourth-order valence-corrected chi connectivity index (χ4v) is 2.20. The van der Waals surface area contributed by atoms with Crippen molar-refractivity contribution >= 4 is 0 Å². The highest BCUT2D eigenvalue weighted by molar-refractivity contribution is 5.42. The largest absolute Gasteiger partial charge is 0.497 e. The van der Waals surface area contributed by atoms with Gasteiger partial charge < -0.3 is 19.7 Å². The van der Waals surface area contributed by atoms with Gasteiger partial charge in [-0.1, -0.05) is 6.92 Å². The first-order valence-corrected chi connectivity index (χ1v) is 7.69. The first-order chi connectivity index (χ1) is 10.0. The number of nitrogens with one attached hydrogen (secondary N) is 1. The van der Waals surface area contributed by atoms with Gasteiger partial charge in [0.1, 0.15) is 11.5 Å². The monoisotopic (exact) mass is 294 g/mol. The van der Waals surface area contributed by atoms with Gasteiger partial charge in [-0.3, -0.25) is 0 Å². The van der Waals surface area contributed by atoms with Crippen LogP contribution in [0, 0.1) is 0 Å². The Morgan fingerprint density at radius 3 is 2.43 bits per heavy atom. The van der Waals surface area contributed by atoms with Gasteiger partial charge >= 0.3 is 0 Å². The second-order valence-corrected chi connectivity index (χ2v) is 5.65. The van der Waals surface area contributed by atoms with Crippen molar-refractivity contribution in [3.8, 4) is 11.5 Å². The molecule has 0 aliphatic carbocycles. The molecular formula is C17H30N2O2. The third kappa shape index (κ3) is 5.21. The van der Waals surface area contributed by atoms with Gasteiger partial charge in [-0.25, -0.2) is 0 Å². The highest BCUT2D eigenvalue weighted by Gasteiger charge is 2.19. The average molecular weight is 294 g/mol. The molecule has 0 aromatic heterocycles. The minimum Gasteiger partial charge on any atom is -0.497 e. The van der Waals surface area contributed by atoms with Crippen LogP contribution in [-0.4, -0.2) is 45.3 Å². The molecule has 0 fully saturated rings. The minimum absolute atomic E-state index is 0.224. The van der Waals surface area contributed by atoms with Gasteiger partial charge in [-0.05, 0) is 52.1 Å². The zero-order valence-electron chi connectivity index (χ0n) is 14.3. The maximum atomic E-state index is 5.53. The third-order valence-electron chi connectivity index (χ3n) is 3.81. The number of benzene rings is 1. The maximum Gasteiger partial charge on any atom is 0.123 e. The minimum atomic E-state index is 0.224. The van der Waals surface area contributed by atoms with Crippen molar-refractivity contribution in [3.63, 3.8) is 0 Å². The van der Waals surface area contributed by atoms with E-state index in [4.69, 9.17) is 9.47 Å². The summed E-state index contributed by atoms with van der Waals surface area (Å²) in [7, 11) is 5.56. The number of hydrogen-bond acceptors (Lipinski definition) is 4. The summed E-state index contributed by atoms with van der Waals surface area (Å²) in [5.41, 5.74) is 1.15. The Hall–Kier alpha value is -1.26. The smallest absolute Gasteiger partial charge is 0.123 e. The number of ether oxygens (including phenoxy) is 2. The predicted octanol–water partition coefficient (Wildman–Crippen LogP) is 3.08. The van der Waals surface area contributed by atoms with Gasteiger partial charge in [0.15, 0.2) is 0 Å². The van der Waals surface area contributed by atoms with Crippen molar-refractivity contribution in [2.45, 2.75) is 39.3 Å². The highest BCUT2D eigenvalue weighted by atomic mass is 16.5. The van der Waals surface area contributed by atoms with E-state index in [9.17, 15) is 0 Å². The Kier molecular flexibility index (Phi) is 7.54. The second kappa shape index (κ2) is 8.90. The molecule has 0 amide bonds. The molecule has 1 unspecified atom stereocenters. The lowest BCUT2D eigenvalue weighted by Gasteiger charge is -2.29. The fourth-order valence-electron chi connectivity index (χ4n) is 2.20. The summed E-state index contributed by atoms with van der Waals surface area (Å²) in [5.74, 6) is 1.77.